The van der Waals surface area contributed by atoms with Gasteiger partial charge in [0.25, 0.3) is 0 Å². The molecule has 0 aliphatic heterocycles. The van der Waals surface area contributed by atoms with Crippen LogP contribution < -0.4 is 10.5 Å². The minimum atomic E-state index is 0.285. The first-order chi connectivity index (χ1) is 9.72. The summed E-state index contributed by atoms with van der Waals surface area (Å²) in [4.78, 5) is 0. The van der Waals surface area contributed by atoms with E-state index < -0.39 is 0 Å². The quantitative estimate of drug-likeness (QED) is 0.793. The average molecular weight is 334 g/mol. The molecule has 3 rings (SSSR count). The molecule has 20 heavy (non-hydrogen) atoms. The maximum Gasteiger partial charge on any atom is 0.177 e. The predicted molar refractivity (Wildman–Crippen MR) is 78.4 cm³/mol. The van der Waals surface area contributed by atoms with Crippen LogP contribution in [0.5, 0.6) is 5.75 Å². The highest BCUT2D eigenvalue weighted by Gasteiger charge is 2.11. The lowest BCUT2D eigenvalue weighted by Crippen LogP contribution is -2.05. The Hall–Kier alpha value is -1.99. The molecule has 0 fully saturated rings. The van der Waals surface area contributed by atoms with E-state index in [1.54, 1.807) is 11.6 Å². The van der Waals surface area contributed by atoms with Crippen molar-refractivity contribution in [2.24, 2.45) is 5.73 Å². The molecule has 0 atom stereocenters. The Labute approximate surface area is 123 Å². The van der Waals surface area contributed by atoms with Crippen molar-refractivity contribution in [2.75, 3.05) is 7.11 Å². The molecule has 0 unspecified atom stereocenters. The van der Waals surface area contributed by atoms with Crippen molar-refractivity contribution in [1.82, 2.24) is 19.8 Å². The first-order valence-corrected chi connectivity index (χ1v) is 6.77. The summed E-state index contributed by atoms with van der Waals surface area (Å²) in [6, 6.07) is 9.51. The van der Waals surface area contributed by atoms with Crippen molar-refractivity contribution < 1.29 is 4.74 Å². The standard InChI is InChI=1S/C13H12BrN5O/c1-20-11-4-2-8(14)6-9(11)10-3-5-12-16-17-13(7-15)19(12)18-10/h2-6H,7,15H2,1H3. The number of fused-ring (bicyclic) bond motifs is 1. The molecule has 3 aromatic rings. The van der Waals surface area contributed by atoms with Crippen LogP contribution in [-0.2, 0) is 6.54 Å². The van der Waals surface area contributed by atoms with Crippen LogP contribution in [0, 0.1) is 0 Å². The summed E-state index contributed by atoms with van der Waals surface area (Å²) < 4.78 is 7.98. The van der Waals surface area contributed by atoms with Gasteiger partial charge in [0.2, 0.25) is 0 Å². The van der Waals surface area contributed by atoms with Gasteiger partial charge in [-0.25, -0.2) is 0 Å². The van der Waals surface area contributed by atoms with Crippen molar-refractivity contribution in [3.63, 3.8) is 0 Å². The third kappa shape index (κ3) is 2.14. The number of hydrogen-bond donors (Lipinski definition) is 1. The van der Waals surface area contributed by atoms with Crippen LogP contribution in [0.4, 0.5) is 0 Å². The fourth-order valence-electron chi connectivity index (χ4n) is 1.98. The monoisotopic (exact) mass is 333 g/mol. The lowest BCUT2D eigenvalue weighted by atomic mass is 10.1. The van der Waals surface area contributed by atoms with Crippen LogP contribution >= 0.6 is 15.9 Å². The van der Waals surface area contributed by atoms with Crippen molar-refractivity contribution in [3.8, 4) is 17.0 Å². The fourth-order valence-corrected chi connectivity index (χ4v) is 2.35. The number of nitrogens with zero attached hydrogens (tertiary/aromatic N) is 4. The first-order valence-electron chi connectivity index (χ1n) is 5.98. The minimum Gasteiger partial charge on any atom is -0.496 e. The maximum absolute atomic E-state index is 5.63. The number of methoxy groups -OCH3 is 1. The SMILES string of the molecule is COc1ccc(Br)cc1-c1ccc2nnc(CN)n2n1. The zero-order valence-corrected chi connectivity index (χ0v) is 12.3. The number of hydrogen-bond acceptors (Lipinski definition) is 5. The smallest absolute Gasteiger partial charge is 0.177 e. The van der Waals surface area contributed by atoms with Crippen molar-refractivity contribution in [2.45, 2.75) is 6.54 Å². The van der Waals surface area contributed by atoms with Crippen molar-refractivity contribution in [1.29, 1.82) is 0 Å². The largest absolute Gasteiger partial charge is 0.496 e. The second-order valence-corrected chi connectivity index (χ2v) is 5.07. The molecular weight excluding hydrogens is 322 g/mol. The highest BCUT2D eigenvalue weighted by atomic mass is 79.9. The highest BCUT2D eigenvalue weighted by molar-refractivity contribution is 9.10. The van der Waals surface area contributed by atoms with Crippen molar-refractivity contribution in [3.05, 3.63) is 40.6 Å². The van der Waals surface area contributed by atoms with Gasteiger partial charge in [-0.05, 0) is 30.3 Å². The number of nitrogens with two attached hydrogens (primary N) is 1. The van der Waals surface area contributed by atoms with Gasteiger partial charge in [-0.2, -0.15) is 9.61 Å². The molecule has 0 aliphatic rings. The molecule has 102 valence electrons. The highest BCUT2D eigenvalue weighted by Crippen LogP contribution is 2.31. The third-order valence-electron chi connectivity index (χ3n) is 2.95. The summed E-state index contributed by atoms with van der Waals surface area (Å²) in [5.74, 6) is 1.37. The van der Waals surface area contributed by atoms with E-state index in [9.17, 15) is 0 Å². The number of benzene rings is 1. The van der Waals surface area contributed by atoms with Gasteiger partial charge in [0.05, 0.1) is 19.3 Å². The Bertz CT molecular complexity index is 771. The predicted octanol–water partition coefficient (Wildman–Crippen LogP) is 2.02. The molecule has 0 amide bonds. The summed E-state index contributed by atoms with van der Waals surface area (Å²) >= 11 is 3.46. The van der Waals surface area contributed by atoms with Gasteiger partial charge in [0.1, 0.15) is 5.75 Å². The van der Waals surface area contributed by atoms with Gasteiger partial charge in [-0.15, -0.1) is 10.2 Å². The van der Waals surface area contributed by atoms with E-state index in [0.717, 1.165) is 21.5 Å². The Morgan fingerprint density at radius 2 is 2.10 bits per heavy atom. The molecule has 0 bridgehead atoms. The van der Waals surface area contributed by atoms with Crippen LogP contribution in [0.3, 0.4) is 0 Å². The van der Waals surface area contributed by atoms with E-state index in [0.29, 0.717) is 11.5 Å². The molecule has 0 spiro atoms. The Balaban J connectivity index is 2.21. The number of halogens is 1. The normalized spacial score (nSPS) is 10.9. The lowest BCUT2D eigenvalue weighted by Gasteiger charge is -2.08. The summed E-state index contributed by atoms with van der Waals surface area (Å²) in [5, 5.41) is 12.5. The summed E-state index contributed by atoms with van der Waals surface area (Å²) in [7, 11) is 1.63. The minimum absolute atomic E-state index is 0.285. The number of aromatic nitrogens is 4. The molecule has 7 heteroatoms. The number of ether oxygens (including phenoxy) is 1. The van der Waals surface area contributed by atoms with E-state index >= 15 is 0 Å². The summed E-state index contributed by atoms with van der Waals surface area (Å²) in [6.07, 6.45) is 0. The van der Waals surface area contributed by atoms with E-state index in [1.807, 2.05) is 30.3 Å². The van der Waals surface area contributed by atoms with Crippen LogP contribution in [0.2, 0.25) is 0 Å². The molecule has 6 nitrogen and oxygen atoms in total. The van der Waals surface area contributed by atoms with E-state index in [4.69, 9.17) is 10.5 Å². The van der Waals surface area contributed by atoms with Crippen LogP contribution in [0.15, 0.2) is 34.8 Å². The van der Waals surface area contributed by atoms with E-state index in [1.165, 1.54) is 0 Å². The molecule has 0 saturated carbocycles. The van der Waals surface area contributed by atoms with Crippen LogP contribution in [-0.4, -0.2) is 26.9 Å². The topological polar surface area (TPSA) is 78.3 Å². The molecule has 0 saturated heterocycles. The van der Waals surface area contributed by atoms with Crippen molar-refractivity contribution >= 4 is 21.6 Å². The molecule has 2 N–H and O–H groups in total. The molecule has 1 aromatic carbocycles. The molecule has 2 aromatic heterocycles. The number of rotatable bonds is 3. The average Bonchev–Trinajstić information content (AvgIpc) is 2.89. The maximum atomic E-state index is 5.63. The fraction of sp³-hybridized carbons (Fsp3) is 0.154. The van der Waals surface area contributed by atoms with Gasteiger partial charge < -0.3 is 10.5 Å². The summed E-state index contributed by atoms with van der Waals surface area (Å²) in [6.45, 7) is 0.285. The van der Waals surface area contributed by atoms with Crippen LogP contribution in [0.25, 0.3) is 16.9 Å². The molecule has 2 heterocycles. The molecule has 0 radical (unpaired) electrons. The van der Waals surface area contributed by atoms with Gasteiger partial charge in [-0.1, -0.05) is 15.9 Å². The van der Waals surface area contributed by atoms with E-state index in [2.05, 4.69) is 31.2 Å². The van der Waals surface area contributed by atoms with E-state index in [-0.39, 0.29) is 6.54 Å². The Kier molecular flexibility index (Phi) is 3.37. The third-order valence-corrected chi connectivity index (χ3v) is 3.44. The van der Waals surface area contributed by atoms with Gasteiger partial charge in [0, 0.05) is 10.0 Å². The first kappa shape index (κ1) is 13.0. The summed E-state index contributed by atoms with van der Waals surface area (Å²) in [5.41, 5.74) is 7.96. The second-order valence-electron chi connectivity index (χ2n) is 4.15. The molecule has 0 aliphatic carbocycles. The molecular formula is C13H12BrN5O. The Morgan fingerprint density at radius 3 is 2.85 bits per heavy atom. The van der Waals surface area contributed by atoms with Crippen LogP contribution in [0.1, 0.15) is 5.82 Å². The second kappa shape index (κ2) is 5.18. The van der Waals surface area contributed by atoms with Gasteiger partial charge in [0.15, 0.2) is 11.5 Å². The zero-order valence-electron chi connectivity index (χ0n) is 10.7. The van der Waals surface area contributed by atoms with Gasteiger partial charge in [-0.3, -0.25) is 0 Å². The lowest BCUT2D eigenvalue weighted by molar-refractivity contribution is 0.416. The van der Waals surface area contributed by atoms with Gasteiger partial charge >= 0.3 is 0 Å². The zero-order chi connectivity index (χ0) is 14.1. The Morgan fingerprint density at radius 1 is 1.25 bits per heavy atom.